The molecule has 1 N–H and O–H groups in total. The zero-order valence-electron chi connectivity index (χ0n) is 19.3. The molecule has 150 valence electrons. The second-order valence-corrected chi connectivity index (χ2v) is 11.1. The van der Waals surface area contributed by atoms with E-state index < -0.39 is 0 Å². The number of hydrogen-bond donors (Lipinski definition) is 1. The number of hydrogen-bond acceptors (Lipinski definition) is 1. The molecule has 0 aliphatic heterocycles. The molecular formula is C24H49N. The van der Waals surface area contributed by atoms with E-state index in [0.717, 1.165) is 24.3 Å². The molecule has 2 unspecified atom stereocenters. The highest BCUT2D eigenvalue weighted by molar-refractivity contribution is 4.93. The average Bonchev–Trinajstić information content (AvgIpc) is 2.43. The molecule has 0 radical (unpaired) electrons. The molecule has 0 aliphatic rings. The zero-order chi connectivity index (χ0) is 19.9. The first kappa shape index (κ1) is 24.5. The lowest BCUT2D eigenvalue weighted by Gasteiger charge is -2.50. The molecule has 0 saturated heterocycles. The van der Waals surface area contributed by atoms with Crippen LogP contribution in [0.15, 0.2) is 12.8 Å². The molecule has 1 heteroatoms. The first-order chi connectivity index (χ1) is 11.2. The van der Waals surface area contributed by atoms with Gasteiger partial charge in [0, 0.05) is 6.54 Å². The van der Waals surface area contributed by atoms with Crippen LogP contribution in [0.1, 0.15) is 101 Å². The van der Waals surface area contributed by atoms with E-state index in [1.54, 1.807) is 0 Å². The molecule has 0 spiro atoms. The van der Waals surface area contributed by atoms with E-state index in [2.05, 4.69) is 81.1 Å². The van der Waals surface area contributed by atoms with Crippen molar-refractivity contribution in [3.05, 3.63) is 12.8 Å². The van der Waals surface area contributed by atoms with Crippen molar-refractivity contribution in [3.8, 4) is 0 Å². The highest BCUT2D eigenvalue weighted by Crippen LogP contribution is 2.53. The Morgan fingerprint density at radius 1 is 0.880 bits per heavy atom. The maximum Gasteiger partial charge on any atom is 0.0141 e. The largest absolute Gasteiger partial charge is 0.391 e. The molecule has 0 aromatic rings. The van der Waals surface area contributed by atoms with Crippen LogP contribution in [0.2, 0.25) is 0 Å². The van der Waals surface area contributed by atoms with E-state index >= 15 is 0 Å². The predicted octanol–water partition coefficient (Wildman–Crippen LogP) is 7.68. The lowest BCUT2D eigenvalue weighted by atomic mass is 9.55. The lowest BCUT2D eigenvalue weighted by molar-refractivity contribution is -0.00789. The van der Waals surface area contributed by atoms with Crippen molar-refractivity contribution >= 4 is 0 Å². The molecule has 0 aromatic heterocycles. The lowest BCUT2D eigenvalue weighted by Crippen LogP contribution is -2.42. The van der Waals surface area contributed by atoms with E-state index in [1.165, 1.54) is 32.1 Å². The van der Waals surface area contributed by atoms with Crippen molar-refractivity contribution in [2.45, 2.75) is 101 Å². The molecule has 2 atom stereocenters. The molecule has 0 fully saturated rings. The van der Waals surface area contributed by atoms with Gasteiger partial charge in [0.2, 0.25) is 0 Å². The molecule has 0 aliphatic carbocycles. The minimum Gasteiger partial charge on any atom is -0.391 e. The molecule has 0 aromatic carbocycles. The highest BCUT2D eigenvalue weighted by atomic mass is 14.8. The quantitative estimate of drug-likeness (QED) is 0.355. The molecule has 0 rings (SSSR count). The van der Waals surface area contributed by atoms with Gasteiger partial charge >= 0.3 is 0 Å². The summed E-state index contributed by atoms with van der Waals surface area (Å²) in [5.41, 5.74) is 1.09. The fraction of sp³-hybridized carbons (Fsp3) is 0.917. The molecular weight excluding hydrogens is 302 g/mol. The van der Waals surface area contributed by atoms with Crippen LogP contribution in [0.3, 0.4) is 0 Å². The van der Waals surface area contributed by atoms with Crippen LogP contribution >= 0.6 is 0 Å². The first-order valence-electron chi connectivity index (χ1n) is 10.6. The van der Waals surface area contributed by atoms with E-state index in [9.17, 15) is 0 Å². The fourth-order valence-corrected chi connectivity index (χ4v) is 4.03. The monoisotopic (exact) mass is 351 g/mol. The van der Waals surface area contributed by atoms with Gasteiger partial charge in [-0.15, -0.1) is 0 Å². The number of nitrogens with one attached hydrogen (secondary N) is 1. The maximum absolute atomic E-state index is 3.74. The smallest absolute Gasteiger partial charge is 0.0141 e. The second kappa shape index (κ2) is 10.0. The number of rotatable bonds is 12. The van der Waals surface area contributed by atoms with E-state index in [1.807, 2.05) is 6.20 Å². The minimum absolute atomic E-state index is 0.343. The summed E-state index contributed by atoms with van der Waals surface area (Å²) in [6, 6.07) is 0. The predicted molar refractivity (Wildman–Crippen MR) is 116 cm³/mol. The van der Waals surface area contributed by atoms with E-state index in [4.69, 9.17) is 0 Å². The molecule has 0 saturated carbocycles. The Morgan fingerprint density at radius 2 is 1.44 bits per heavy atom. The van der Waals surface area contributed by atoms with Gasteiger partial charge in [-0.3, -0.25) is 0 Å². The minimum atomic E-state index is 0.343. The zero-order valence-corrected chi connectivity index (χ0v) is 19.3. The topological polar surface area (TPSA) is 12.0 Å². The van der Waals surface area contributed by atoms with Crippen molar-refractivity contribution in [1.29, 1.82) is 0 Å². The summed E-state index contributed by atoms with van der Waals surface area (Å²) in [5, 5.41) is 3.24. The van der Waals surface area contributed by atoms with Crippen LogP contribution in [0.25, 0.3) is 0 Å². The van der Waals surface area contributed by atoms with Crippen molar-refractivity contribution in [2.75, 3.05) is 6.54 Å². The van der Waals surface area contributed by atoms with Crippen molar-refractivity contribution in [3.63, 3.8) is 0 Å². The van der Waals surface area contributed by atoms with Gasteiger partial charge in [0.15, 0.2) is 0 Å². The Bertz CT molecular complexity index is 370. The molecule has 0 heterocycles. The summed E-state index contributed by atoms with van der Waals surface area (Å²) in [7, 11) is 0. The van der Waals surface area contributed by atoms with Crippen LogP contribution in [0.5, 0.6) is 0 Å². The third-order valence-corrected chi connectivity index (χ3v) is 6.86. The standard InChI is InChI=1S/C24H49N/c1-12-25-16-14-13-15-21(18-22(5,6)7)24(10,11)23(8,9)17-20(4)19(2)3/h12,19-21,25H,1,13-18H2,2-11H3. The van der Waals surface area contributed by atoms with Crippen LogP contribution in [-0.4, -0.2) is 6.54 Å². The van der Waals surface area contributed by atoms with Crippen LogP contribution in [0, 0.1) is 34.0 Å². The van der Waals surface area contributed by atoms with Gasteiger partial charge in [0.25, 0.3) is 0 Å². The highest BCUT2D eigenvalue weighted by Gasteiger charge is 2.44. The van der Waals surface area contributed by atoms with Gasteiger partial charge in [0.1, 0.15) is 0 Å². The van der Waals surface area contributed by atoms with Crippen molar-refractivity contribution < 1.29 is 0 Å². The third-order valence-electron chi connectivity index (χ3n) is 6.86. The Labute approximate surface area is 160 Å². The summed E-state index contributed by atoms with van der Waals surface area (Å²) in [6.07, 6.45) is 8.33. The van der Waals surface area contributed by atoms with E-state index in [0.29, 0.717) is 16.2 Å². The van der Waals surface area contributed by atoms with Gasteiger partial charge < -0.3 is 5.32 Å². The SMILES string of the molecule is C=CNCCCCC(CC(C)(C)C)C(C)(C)C(C)(C)CC(C)C(C)C. The van der Waals surface area contributed by atoms with Gasteiger partial charge in [0.05, 0.1) is 0 Å². The second-order valence-electron chi connectivity index (χ2n) is 11.1. The number of unbranched alkanes of at least 4 members (excludes halogenated alkanes) is 1. The summed E-state index contributed by atoms with van der Waals surface area (Å²) >= 11 is 0. The fourth-order valence-electron chi connectivity index (χ4n) is 4.03. The van der Waals surface area contributed by atoms with E-state index in [-0.39, 0.29) is 0 Å². The average molecular weight is 352 g/mol. The van der Waals surface area contributed by atoms with Crippen molar-refractivity contribution in [1.82, 2.24) is 5.32 Å². The summed E-state index contributed by atoms with van der Waals surface area (Å²) in [6.45, 7) is 29.3. The Morgan fingerprint density at radius 3 is 1.88 bits per heavy atom. The summed E-state index contributed by atoms with van der Waals surface area (Å²) < 4.78 is 0. The Hall–Kier alpha value is -0.460. The van der Waals surface area contributed by atoms with Gasteiger partial charge in [-0.2, -0.15) is 0 Å². The maximum atomic E-state index is 3.74. The first-order valence-corrected chi connectivity index (χ1v) is 10.6. The molecule has 0 amide bonds. The summed E-state index contributed by atoms with van der Waals surface area (Å²) in [4.78, 5) is 0. The molecule has 0 bridgehead atoms. The van der Waals surface area contributed by atoms with Crippen molar-refractivity contribution in [2.24, 2.45) is 34.0 Å². The van der Waals surface area contributed by atoms with Crippen LogP contribution < -0.4 is 5.32 Å². The molecule has 25 heavy (non-hydrogen) atoms. The van der Waals surface area contributed by atoms with Gasteiger partial charge in [-0.1, -0.05) is 82.2 Å². The third kappa shape index (κ3) is 8.65. The van der Waals surface area contributed by atoms with Gasteiger partial charge in [-0.25, -0.2) is 0 Å². The van der Waals surface area contributed by atoms with Gasteiger partial charge in [-0.05, 0) is 65.9 Å². The van der Waals surface area contributed by atoms with Crippen LogP contribution in [0.4, 0.5) is 0 Å². The Balaban J connectivity index is 5.17. The normalized spacial score (nSPS) is 16.0. The molecule has 1 nitrogen and oxygen atoms in total. The van der Waals surface area contributed by atoms with Crippen LogP contribution in [-0.2, 0) is 0 Å². The Kier molecular flexibility index (Phi) is 9.84. The summed E-state index contributed by atoms with van der Waals surface area (Å²) in [5.74, 6) is 2.31.